The second kappa shape index (κ2) is 6.48. The number of nitrogens with one attached hydrogen (secondary N) is 1. The number of alkyl halides is 3. The minimum Gasteiger partial charge on any atom is -0.304 e. The van der Waals surface area contributed by atoms with Crippen molar-refractivity contribution >= 4 is 11.3 Å². The third-order valence-corrected chi connectivity index (χ3v) is 3.85. The van der Waals surface area contributed by atoms with E-state index >= 15 is 0 Å². The molecule has 114 valence electrons. The zero-order chi connectivity index (χ0) is 15.5. The van der Waals surface area contributed by atoms with Crippen molar-refractivity contribution in [3.63, 3.8) is 0 Å². The van der Waals surface area contributed by atoms with Gasteiger partial charge in [0, 0.05) is 17.3 Å². The van der Waals surface area contributed by atoms with Gasteiger partial charge in [-0.2, -0.15) is 13.2 Å². The maximum Gasteiger partial charge on any atom is 0.443 e. The van der Waals surface area contributed by atoms with Crippen molar-refractivity contribution < 1.29 is 13.2 Å². The van der Waals surface area contributed by atoms with Crippen molar-refractivity contribution in [2.75, 3.05) is 6.54 Å². The molecule has 2 aromatic rings. The summed E-state index contributed by atoms with van der Waals surface area (Å²) in [6.07, 6.45) is -0.687. The summed E-state index contributed by atoms with van der Waals surface area (Å²) in [6, 6.07) is 1.30. The molecule has 0 saturated carbocycles. The second-order valence-electron chi connectivity index (χ2n) is 4.48. The van der Waals surface area contributed by atoms with Gasteiger partial charge >= 0.3 is 6.18 Å². The SMILES string of the molecule is CCCNC(c1ccnc(C)n1)c1cnc(C(F)(F)F)s1. The molecule has 8 heteroatoms. The van der Waals surface area contributed by atoms with E-state index < -0.39 is 17.2 Å². The van der Waals surface area contributed by atoms with Gasteiger partial charge in [-0.25, -0.2) is 15.0 Å². The molecule has 0 bridgehead atoms. The summed E-state index contributed by atoms with van der Waals surface area (Å²) < 4.78 is 38.1. The molecule has 0 saturated heterocycles. The summed E-state index contributed by atoms with van der Waals surface area (Å²) in [6.45, 7) is 4.41. The van der Waals surface area contributed by atoms with Crippen LogP contribution in [0.3, 0.4) is 0 Å². The Morgan fingerprint density at radius 1 is 1.33 bits per heavy atom. The Kier molecular flexibility index (Phi) is 4.89. The molecule has 2 heterocycles. The lowest BCUT2D eigenvalue weighted by Crippen LogP contribution is -2.23. The summed E-state index contributed by atoms with van der Waals surface area (Å²) >= 11 is 0.640. The number of nitrogens with zero attached hydrogens (tertiary/aromatic N) is 3. The van der Waals surface area contributed by atoms with Crippen LogP contribution in [0.4, 0.5) is 13.2 Å². The monoisotopic (exact) mass is 316 g/mol. The van der Waals surface area contributed by atoms with E-state index in [0.717, 1.165) is 6.42 Å². The third-order valence-electron chi connectivity index (χ3n) is 2.74. The first-order chi connectivity index (χ1) is 9.91. The van der Waals surface area contributed by atoms with Gasteiger partial charge in [0.1, 0.15) is 5.82 Å². The standard InChI is InChI=1S/C13H15F3N4S/c1-3-5-18-11(9-4-6-17-8(2)20-9)10-7-19-12(21-10)13(14,15)16/h4,6-7,11,18H,3,5H2,1-2H3. The number of aryl methyl sites for hydroxylation is 1. The molecule has 0 aliphatic carbocycles. The highest BCUT2D eigenvalue weighted by Crippen LogP contribution is 2.35. The molecule has 0 aliphatic rings. The molecule has 21 heavy (non-hydrogen) atoms. The van der Waals surface area contributed by atoms with Gasteiger partial charge in [0.05, 0.1) is 11.7 Å². The van der Waals surface area contributed by atoms with Crippen LogP contribution in [0.15, 0.2) is 18.5 Å². The van der Waals surface area contributed by atoms with Gasteiger partial charge in [-0.05, 0) is 26.0 Å². The van der Waals surface area contributed by atoms with E-state index in [1.807, 2.05) is 6.92 Å². The average Bonchev–Trinajstić information content (AvgIpc) is 2.89. The van der Waals surface area contributed by atoms with E-state index in [-0.39, 0.29) is 0 Å². The maximum absolute atomic E-state index is 12.7. The Morgan fingerprint density at radius 3 is 2.67 bits per heavy atom. The van der Waals surface area contributed by atoms with Crippen LogP contribution in [-0.4, -0.2) is 21.5 Å². The molecule has 4 nitrogen and oxygen atoms in total. The fraction of sp³-hybridized carbons (Fsp3) is 0.462. The lowest BCUT2D eigenvalue weighted by molar-refractivity contribution is -0.137. The van der Waals surface area contributed by atoms with E-state index in [4.69, 9.17) is 0 Å². The predicted octanol–water partition coefficient (Wildman–Crippen LogP) is 3.35. The van der Waals surface area contributed by atoms with Crippen molar-refractivity contribution in [2.24, 2.45) is 0 Å². The number of hydrogen-bond donors (Lipinski definition) is 1. The van der Waals surface area contributed by atoms with Crippen molar-refractivity contribution in [2.45, 2.75) is 32.5 Å². The van der Waals surface area contributed by atoms with Gasteiger partial charge in [-0.15, -0.1) is 11.3 Å². The fourth-order valence-corrected chi connectivity index (χ4v) is 2.70. The summed E-state index contributed by atoms with van der Waals surface area (Å²) in [5.74, 6) is 0.580. The zero-order valence-corrected chi connectivity index (χ0v) is 12.4. The van der Waals surface area contributed by atoms with Crippen molar-refractivity contribution in [3.05, 3.63) is 39.9 Å². The van der Waals surface area contributed by atoms with Gasteiger partial charge in [0.15, 0.2) is 5.01 Å². The topological polar surface area (TPSA) is 50.7 Å². The second-order valence-corrected chi connectivity index (χ2v) is 5.54. The predicted molar refractivity (Wildman–Crippen MR) is 74.0 cm³/mol. The first-order valence-corrected chi connectivity index (χ1v) is 7.29. The lowest BCUT2D eigenvalue weighted by atomic mass is 10.1. The van der Waals surface area contributed by atoms with Crippen molar-refractivity contribution in [3.8, 4) is 0 Å². The van der Waals surface area contributed by atoms with Crippen LogP contribution in [0.25, 0.3) is 0 Å². The maximum atomic E-state index is 12.7. The number of rotatable bonds is 5. The highest BCUT2D eigenvalue weighted by atomic mass is 32.1. The molecule has 0 radical (unpaired) electrons. The van der Waals surface area contributed by atoms with E-state index in [1.54, 1.807) is 19.2 Å². The molecule has 0 spiro atoms. The van der Waals surface area contributed by atoms with Crippen LogP contribution in [0.1, 0.15) is 40.8 Å². The molecule has 1 unspecified atom stereocenters. The van der Waals surface area contributed by atoms with Gasteiger partial charge in [-0.3, -0.25) is 0 Å². The van der Waals surface area contributed by atoms with Crippen LogP contribution in [0, 0.1) is 6.92 Å². The number of thiazole rings is 1. The fourth-order valence-electron chi connectivity index (χ4n) is 1.83. The number of aromatic nitrogens is 3. The third kappa shape index (κ3) is 3.98. The highest BCUT2D eigenvalue weighted by molar-refractivity contribution is 7.11. The molecular weight excluding hydrogens is 301 g/mol. The Labute approximate surface area is 124 Å². The van der Waals surface area contributed by atoms with Crippen LogP contribution in [-0.2, 0) is 6.18 Å². The smallest absolute Gasteiger partial charge is 0.304 e. The van der Waals surface area contributed by atoms with E-state index in [1.165, 1.54) is 6.20 Å². The first kappa shape index (κ1) is 15.8. The summed E-state index contributed by atoms with van der Waals surface area (Å²) in [5.41, 5.74) is 0.647. The number of halogens is 3. The van der Waals surface area contributed by atoms with E-state index in [0.29, 0.717) is 34.3 Å². The lowest BCUT2D eigenvalue weighted by Gasteiger charge is -2.16. The molecule has 0 amide bonds. The summed E-state index contributed by atoms with van der Waals surface area (Å²) in [4.78, 5) is 12.3. The zero-order valence-electron chi connectivity index (χ0n) is 11.6. The van der Waals surface area contributed by atoms with E-state index in [9.17, 15) is 13.2 Å². The summed E-state index contributed by atoms with van der Waals surface area (Å²) in [5, 5.41) is 2.37. The molecule has 1 atom stereocenters. The summed E-state index contributed by atoms with van der Waals surface area (Å²) in [7, 11) is 0. The van der Waals surface area contributed by atoms with Crippen LogP contribution >= 0.6 is 11.3 Å². The molecule has 2 rings (SSSR count). The minimum atomic E-state index is -4.42. The first-order valence-electron chi connectivity index (χ1n) is 6.47. The van der Waals surface area contributed by atoms with Gasteiger partial charge < -0.3 is 5.32 Å². The molecule has 0 aliphatic heterocycles. The Hall–Kier alpha value is -1.54. The Morgan fingerprint density at radius 2 is 2.10 bits per heavy atom. The molecule has 0 fully saturated rings. The quantitative estimate of drug-likeness (QED) is 0.919. The Balaban J connectivity index is 2.34. The van der Waals surface area contributed by atoms with Crippen molar-refractivity contribution in [1.29, 1.82) is 0 Å². The van der Waals surface area contributed by atoms with Crippen molar-refractivity contribution in [1.82, 2.24) is 20.3 Å². The van der Waals surface area contributed by atoms with Gasteiger partial charge in [0.2, 0.25) is 0 Å². The van der Waals surface area contributed by atoms with Crippen LogP contribution < -0.4 is 5.32 Å². The van der Waals surface area contributed by atoms with Gasteiger partial charge in [0.25, 0.3) is 0 Å². The largest absolute Gasteiger partial charge is 0.443 e. The molecule has 1 N–H and O–H groups in total. The molecular formula is C13H15F3N4S. The van der Waals surface area contributed by atoms with Crippen LogP contribution in [0.5, 0.6) is 0 Å². The Bertz CT molecular complexity index is 597. The minimum absolute atomic E-state index is 0.403. The normalized spacial score (nSPS) is 13.4. The molecule has 0 aromatic carbocycles. The van der Waals surface area contributed by atoms with Gasteiger partial charge in [-0.1, -0.05) is 6.92 Å². The molecule has 2 aromatic heterocycles. The average molecular weight is 316 g/mol. The van der Waals surface area contributed by atoms with Crippen LogP contribution in [0.2, 0.25) is 0 Å². The highest BCUT2D eigenvalue weighted by Gasteiger charge is 2.35. The number of hydrogen-bond acceptors (Lipinski definition) is 5. The van der Waals surface area contributed by atoms with E-state index in [2.05, 4.69) is 20.3 Å².